The highest BCUT2D eigenvalue weighted by atomic mass is 32.1. The van der Waals surface area contributed by atoms with Gasteiger partial charge in [-0.2, -0.15) is 25.3 Å². The first-order chi connectivity index (χ1) is 9.70. The van der Waals surface area contributed by atoms with Crippen molar-refractivity contribution in [2.45, 2.75) is 37.7 Å². The van der Waals surface area contributed by atoms with Gasteiger partial charge in [0.1, 0.15) is 0 Å². The fourth-order valence-corrected chi connectivity index (χ4v) is 2.23. The predicted molar refractivity (Wildman–Crippen MR) is 86.7 cm³/mol. The van der Waals surface area contributed by atoms with Gasteiger partial charge in [-0.25, -0.2) is 0 Å². The van der Waals surface area contributed by atoms with Gasteiger partial charge < -0.3 is 10.6 Å². The highest BCUT2D eigenvalue weighted by Crippen LogP contribution is 2.16. The first-order valence-corrected chi connectivity index (χ1v) is 7.66. The highest BCUT2D eigenvalue weighted by molar-refractivity contribution is 7.82. The molecule has 0 heterocycles. The fraction of sp³-hybridized carbons (Fsp3) is 0.692. The van der Waals surface area contributed by atoms with E-state index in [0.29, 0.717) is 6.42 Å². The smallest absolute Gasteiger partial charge is 0.216 e. The van der Waals surface area contributed by atoms with E-state index >= 15 is 0 Å². The fourth-order valence-electron chi connectivity index (χ4n) is 1.69. The second-order valence-corrected chi connectivity index (χ2v) is 5.92. The molecule has 0 fully saturated rings. The summed E-state index contributed by atoms with van der Waals surface area (Å²) in [5.74, 6) is -2.06. The minimum Gasteiger partial charge on any atom is -0.355 e. The average Bonchev–Trinajstić information content (AvgIpc) is 2.42. The van der Waals surface area contributed by atoms with Crippen molar-refractivity contribution in [3.05, 3.63) is 0 Å². The molecule has 21 heavy (non-hydrogen) atoms. The third kappa shape index (κ3) is 7.52. The monoisotopic (exact) mass is 334 g/mol. The lowest BCUT2D eigenvalue weighted by Gasteiger charge is -2.20. The van der Waals surface area contributed by atoms with Crippen LogP contribution < -0.4 is 10.6 Å². The summed E-state index contributed by atoms with van der Waals surface area (Å²) in [6.45, 7) is 4.54. The number of carbonyl (C=O) groups excluding carboxylic acids is 4. The summed E-state index contributed by atoms with van der Waals surface area (Å²) in [6, 6.07) is 0. The van der Waals surface area contributed by atoms with Gasteiger partial charge in [0.05, 0.1) is 16.4 Å². The molecule has 0 spiro atoms. The van der Waals surface area contributed by atoms with Gasteiger partial charge in [0.25, 0.3) is 0 Å². The quantitative estimate of drug-likeness (QED) is 0.353. The van der Waals surface area contributed by atoms with Crippen LogP contribution in [0.25, 0.3) is 0 Å². The van der Waals surface area contributed by atoms with Crippen LogP contribution in [0.5, 0.6) is 0 Å². The highest BCUT2D eigenvalue weighted by Gasteiger charge is 2.32. The molecule has 0 saturated heterocycles. The molecule has 120 valence electrons. The van der Waals surface area contributed by atoms with E-state index in [1.807, 2.05) is 0 Å². The van der Waals surface area contributed by atoms with Gasteiger partial charge in [0.2, 0.25) is 11.8 Å². The normalized spacial score (nSPS) is 14.7. The number of hydrogen-bond donors (Lipinski definition) is 4. The Hall–Kier alpha value is -1.02. The van der Waals surface area contributed by atoms with Gasteiger partial charge in [-0.3, -0.25) is 19.2 Å². The van der Waals surface area contributed by atoms with Crippen LogP contribution in [-0.2, 0) is 19.2 Å². The van der Waals surface area contributed by atoms with Crippen molar-refractivity contribution in [3.63, 3.8) is 0 Å². The van der Waals surface area contributed by atoms with E-state index in [-0.39, 0.29) is 36.5 Å². The Kier molecular flexibility index (Phi) is 9.36. The van der Waals surface area contributed by atoms with Crippen LogP contribution in [0.3, 0.4) is 0 Å². The number of amides is 2. The predicted octanol–water partition coefficient (Wildman–Crippen LogP) is 0.0198. The van der Waals surface area contributed by atoms with E-state index in [0.717, 1.165) is 0 Å². The zero-order valence-electron chi connectivity index (χ0n) is 12.4. The first-order valence-electron chi connectivity index (χ1n) is 6.63. The molecule has 8 heteroatoms. The van der Waals surface area contributed by atoms with Crippen LogP contribution in [0.4, 0.5) is 0 Å². The molecule has 0 rings (SSSR count). The lowest BCUT2D eigenvalue weighted by Crippen LogP contribution is -2.42. The Morgan fingerprint density at radius 1 is 0.857 bits per heavy atom. The van der Waals surface area contributed by atoms with Crippen LogP contribution in [-0.4, -0.2) is 47.0 Å². The lowest BCUT2D eigenvalue weighted by molar-refractivity contribution is -0.132. The van der Waals surface area contributed by atoms with E-state index in [4.69, 9.17) is 0 Å². The van der Waals surface area contributed by atoms with Crippen molar-refractivity contribution in [2.75, 3.05) is 13.1 Å². The van der Waals surface area contributed by atoms with Crippen molar-refractivity contribution in [3.8, 4) is 0 Å². The molecule has 2 atom stereocenters. The molecule has 0 aliphatic heterocycles. The van der Waals surface area contributed by atoms with Gasteiger partial charge in [0.15, 0.2) is 11.6 Å². The van der Waals surface area contributed by atoms with E-state index in [1.165, 1.54) is 13.8 Å². The molecule has 2 N–H and O–H groups in total. The maximum absolute atomic E-state index is 12.2. The van der Waals surface area contributed by atoms with Crippen LogP contribution in [0.2, 0.25) is 0 Å². The summed E-state index contributed by atoms with van der Waals surface area (Å²) < 4.78 is 0. The second-order valence-electron chi connectivity index (χ2n) is 4.67. The summed E-state index contributed by atoms with van der Waals surface area (Å²) >= 11 is 8.26. The topological polar surface area (TPSA) is 92.3 Å². The summed E-state index contributed by atoms with van der Waals surface area (Å²) in [6.07, 6.45) is 0.325. The third-order valence-electron chi connectivity index (χ3n) is 2.84. The Morgan fingerprint density at radius 3 is 1.43 bits per heavy atom. The van der Waals surface area contributed by atoms with E-state index in [1.54, 1.807) is 6.92 Å². The van der Waals surface area contributed by atoms with Gasteiger partial charge in [-0.15, -0.1) is 0 Å². The number of rotatable bonds is 9. The largest absolute Gasteiger partial charge is 0.355 e. The second kappa shape index (κ2) is 9.83. The zero-order valence-corrected chi connectivity index (χ0v) is 14.2. The standard InChI is InChI=1S/C13H22N2O4S2/c1-4-9(12(18)10(20)5-14-7(2)16)13(19)11(21)6-15-8(3)17/h9-11,20-21H,4-6H2,1-3H3,(H,14,16)(H,15,17). The molecule has 0 aromatic carbocycles. The molecular formula is C13H22N2O4S2. The van der Waals surface area contributed by atoms with Gasteiger partial charge in [-0.1, -0.05) is 6.92 Å². The van der Waals surface area contributed by atoms with E-state index in [9.17, 15) is 19.2 Å². The Labute approximate surface area is 135 Å². The zero-order chi connectivity index (χ0) is 16.6. The van der Waals surface area contributed by atoms with Crippen molar-refractivity contribution in [1.82, 2.24) is 10.6 Å². The number of carbonyl (C=O) groups is 4. The number of hydrogen-bond acceptors (Lipinski definition) is 6. The summed E-state index contributed by atoms with van der Waals surface area (Å²) in [5, 5.41) is 3.49. The molecule has 0 aromatic rings. The van der Waals surface area contributed by atoms with Gasteiger partial charge in [0, 0.05) is 26.9 Å². The van der Waals surface area contributed by atoms with Gasteiger partial charge >= 0.3 is 0 Å². The molecular weight excluding hydrogens is 312 g/mol. The SMILES string of the molecule is CCC(C(=O)C(S)CNC(C)=O)C(=O)C(S)CNC(C)=O. The van der Waals surface area contributed by atoms with Crippen molar-refractivity contribution in [2.24, 2.45) is 5.92 Å². The molecule has 0 saturated carbocycles. The minimum absolute atomic E-state index is 0.0734. The lowest BCUT2D eigenvalue weighted by atomic mass is 9.91. The van der Waals surface area contributed by atoms with Crippen molar-refractivity contribution >= 4 is 48.6 Å². The van der Waals surface area contributed by atoms with Crippen LogP contribution in [0.1, 0.15) is 27.2 Å². The molecule has 2 unspecified atom stereocenters. The van der Waals surface area contributed by atoms with Crippen LogP contribution >= 0.6 is 25.3 Å². The van der Waals surface area contributed by atoms with Crippen molar-refractivity contribution < 1.29 is 19.2 Å². The number of Topliss-reactive ketones (excluding diaryl/α,β-unsaturated/α-hetero) is 2. The average molecular weight is 334 g/mol. The van der Waals surface area contributed by atoms with Crippen molar-refractivity contribution in [1.29, 1.82) is 0 Å². The Balaban J connectivity index is 4.65. The maximum atomic E-state index is 12.2. The maximum Gasteiger partial charge on any atom is 0.216 e. The Bertz CT molecular complexity index is 379. The van der Waals surface area contributed by atoms with Crippen LogP contribution in [0, 0.1) is 5.92 Å². The molecule has 0 aliphatic carbocycles. The number of ketones is 2. The summed E-state index contributed by atoms with van der Waals surface area (Å²) in [4.78, 5) is 46.1. The molecule has 6 nitrogen and oxygen atoms in total. The molecule has 0 bridgehead atoms. The van der Waals surface area contributed by atoms with E-state index < -0.39 is 16.4 Å². The molecule has 0 aliphatic rings. The number of thiol groups is 2. The van der Waals surface area contributed by atoms with Crippen LogP contribution in [0.15, 0.2) is 0 Å². The Morgan fingerprint density at radius 2 is 1.19 bits per heavy atom. The van der Waals surface area contributed by atoms with Gasteiger partial charge in [-0.05, 0) is 6.42 Å². The third-order valence-corrected chi connectivity index (χ3v) is 3.71. The number of nitrogens with one attached hydrogen (secondary N) is 2. The van der Waals surface area contributed by atoms with E-state index in [2.05, 4.69) is 35.9 Å². The summed E-state index contributed by atoms with van der Waals surface area (Å²) in [5.41, 5.74) is 0. The molecule has 0 aromatic heterocycles. The minimum atomic E-state index is -0.836. The first kappa shape index (κ1) is 20.0. The summed E-state index contributed by atoms with van der Waals surface area (Å²) in [7, 11) is 0. The molecule has 2 amide bonds. The molecule has 0 radical (unpaired) electrons.